The highest BCUT2D eigenvalue weighted by atomic mass is 16.5. The van der Waals surface area contributed by atoms with E-state index in [4.69, 9.17) is 4.74 Å². The van der Waals surface area contributed by atoms with Crippen molar-refractivity contribution in [3.05, 3.63) is 52.6 Å². The van der Waals surface area contributed by atoms with Gasteiger partial charge in [-0.25, -0.2) is 4.79 Å². The number of nitrogens with zero attached hydrogens (tertiary/aromatic N) is 1. The number of ether oxygens (including phenoxy) is 1. The van der Waals surface area contributed by atoms with Crippen LogP contribution >= 0.6 is 0 Å². The van der Waals surface area contributed by atoms with Gasteiger partial charge in [0.15, 0.2) is 5.78 Å². The zero-order valence-corrected chi connectivity index (χ0v) is 15.9. The minimum absolute atomic E-state index is 0.0913. The Morgan fingerprint density at radius 2 is 1.96 bits per heavy atom. The Hall–Kier alpha value is -2.43. The molecule has 0 saturated heterocycles. The molecule has 5 heteroatoms. The number of pyridine rings is 1. The predicted molar refractivity (Wildman–Crippen MR) is 99.1 cm³/mol. The third-order valence-electron chi connectivity index (χ3n) is 5.01. The maximum Gasteiger partial charge on any atom is 0.336 e. The second-order valence-electron chi connectivity index (χ2n) is 7.64. The van der Waals surface area contributed by atoms with Crippen molar-refractivity contribution in [3.63, 3.8) is 0 Å². The van der Waals surface area contributed by atoms with Gasteiger partial charge < -0.3 is 10.1 Å². The van der Waals surface area contributed by atoms with Crippen molar-refractivity contribution < 1.29 is 14.3 Å². The fourth-order valence-corrected chi connectivity index (χ4v) is 3.97. The molecule has 3 rings (SSSR count). The van der Waals surface area contributed by atoms with Crippen LogP contribution in [0.1, 0.15) is 58.4 Å². The lowest BCUT2D eigenvalue weighted by Crippen LogP contribution is -2.39. The molecule has 0 fully saturated rings. The molecule has 0 bridgehead atoms. The average molecular weight is 354 g/mol. The Balaban J connectivity index is 2.19. The van der Waals surface area contributed by atoms with E-state index in [1.54, 1.807) is 19.3 Å². The quantitative estimate of drug-likeness (QED) is 0.836. The van der Waals surface area contributed by atoms with E-state index in [1.165, 1.54) is 0 Å². The number of hydrogen-bond donors (Lipinski definition) is 1. The molecule has 1 aromatic rings. The first-order valence-corrected chi connectivity index (χ1v) is 9.21. The summed E-state index contributed by atoms with van der Waals surface area (Å²) in [6.07, 6.45) is 5.33. The van der Waals surface area contributed by atoms with Gasteiger partial charge in [0, 0.05) is 41.7 Å². The number of ketones is 1. The average Bonchev–Trinajstić information content (AvgIpc) is 2.59. The lowest BCUT2D eigenvalue weighted by molar-refractivity contribution is -0.138. The van der Waals surface area contributed by atoms with Crippen LogP contribution in [0.4, 0.5) is 0 Å². The van der Waals surface area contributed by atoms with Crippen LogP contribution in [0.25, 0.3) is 0 Å². The van der Waals surface area contributed by atoms with E-state index in [2.05, 4.69) is 24.1 Å². The van der Waals surface area contributed by atoms with Gasteiger partial charge in [0.05, 0.1) is 12.2 Å². The van der Waals surface area contributed by atoms with Gasteiger partial charge in [-0.05, 0) is 42.9 Å². The molecule has 2 heterocycles. The third-order valence-corrected chi connectivity index (χ3v) is 5.01. The van der Waals surface area contributed by atoms with Gasteiger partial charge in [-0.1, -0.05) is 20.8 Å². The molecular formula is C21H26N2O3. The molecule has 2 aliphatic rings. The predicted octanol–water partition coefficient (Wildman–Crippen LogP) is 3.64. The van der Waals surface area contributed by atoms with Crippen LogP contribution in [-0.2, 0) is 14.3 Å². The monoisotopic (exact) mass is 354 g/mol. The molecular weight excluding hydrogens is 328 g/mol. The van der Waals surface area contributed by atoms with Gasteiger partial charge in [-0.2, -0.15) is 0 Å². The second kappa shape index (κ2) is 7.06. The summed E-state index contributed by atoms with van der Waals surface area (Å²) in [7, 11) is 0. The molecule has 1 unspecified atom stereocenters. The topological polar surface area (TPSA) is 68.3 Å². The number of dihydropyridines is 1. The fourth-order valence-electron chi connectivity index (χ4n) is 3.97. The zero-order chi connectivity index (χ0) is 18.9. The summed E-state index contributed by atoms with van der Waals surface area (Å²) in [5, 5.41) is 3.40. The molecule has 0 aromatic carbocycles. The second-order valence-corrected chi connectivity index (χ2v) is 7.64. The van der Waals surface area contributed by atoms with E-state index in [0.29, 0.717) is 30.6 Å². The molecule has 1 atom stereocenters. The largest absolute Gasteiger partial charge is 0.463 e. The lowest BCUT2D eigenvalue weighted by atomic mass is 9.68. The SMILES string of the molecule is CCOC(=O)C1=C(CC)NC2=C(C(=O)CC(C)(C)C2)C1c1ccncc1. The maximum atomic E-state index is 13.1. The molecule has 0 amide bonds. The Labute approximate surface area is 154 Å². The van der Waals surface area contributed by atoms with Crippen molar-refractivity contribution in [2.75, 3.05) is 6.61 Å². The molecule has 0 spiro atoms. The van der Waals surface area contributed by atoms with Gasteiger partial charge in [0.25, 0.3) is 0 Å². The molecule has 1 aliphatic heterocycles. The number of hydrogen-bond acceptors (Lipinski definition) is 5. The van der Waals surface area contributed by atoms with Crippen molar-refractivity contribution in [3.8, 4) is 0 Å². The Morgan fingerprint density at radius 1 is 1.27 bits per heavy atom. The standard InChI is InChI=1S/C21H26N2O3/c1-5-14-19(20(25)26-6-2)17(13-7-9-22-10-8-13)18-15(23-14)11-21(3,4)12-16(18)24/h7-10,17,23H,5-6,11-12H2,1-4H3. The van der Waals surface area contributed by atoms with E-state index in [9.17, 15) is 9.59 Å². The van der Waals surface area contributed by atoms with E-state index in [0.717, 1.165) is 23.4 Å². The van der Waals surface area contributed by atoms with Crippen LogP contribution in [0, 0.1) is 5.41 Å². The van der Waals surface area contributed by atoms with Crippen molar-refractivity contribution >= 4 is 11.8 Å². The highest BCUT2D eigenvalue weighted by molar-refractivity contribution is 6.04. The Morgan fingerprint density at radius 3 is 2.58 bits per heavy atom. The van der Waals surface area contributed by atoms with Gasteiger partial charge in [-0.15, -0.1) is 0 Å². The number of allylic oxidation sites excluding steroid dienone is 3. The molecule has 26 heavy (non-hydrogen) atoms. The zero-order valence-electron chi connectivity index (χ0n) is 15.9. The molecule has 0 radical (unpaired) electrons. The van der Waals surface area contributed by atoms with Crippen LogP contribution in [0.5, 0.6) is 0 Å². The molecule has 5 nitrogen and oxygen atoms in total. The highest BCUT2D eigenvalue weighted by Gasteiger charge is 2.43. The first-order chi connectivity index (χ1) is 12.4. The molecule has 0 saturated carbocycles. The van der Waals surface area contributed by atoms with Gasteiger partial charge >= 0.3 is 5.97 Å². The smallest absolute Gasteiger partial charge is 0.336 e. The van der Waals surface area contributed by atoms with E-state index in [-0.39, 0.29) is 17.2 Å². The number of carbonyl (C=O) groups excluding carboxylic acids is 2. The molecule has 1 aromatic heterocycles. The van der Waals surface area contributed by atoms with E-state index < -0.39 is 5.92 Å². The molecule has 1 aliphatic carbocycles. The Kier molecular flexibility index (Phi) is 4.99. The van der Waals surface area contributed by atoms with Crippen molar-refractivity contribution in [1.82, 2.24) is 10.3 Å². The van der Waals surface area contributed by atoms with Crippen molar-refractivity contribution in [2.24, 2.45) is 5.41 Å². The molecule has 138 valence electrons. The summed E-state index contributed by atoms with van der Waals surface area (Å²) < 4.78 is 5.33. The van der Waals surface area contributed by atoms with E-state index in [1.807, 2.05) is 19.1 Å². The normalized spacial score (nSPS) is 22.0. The number of rotatable bonds is 4. The summed E-state index contributed by atoms with van der Waals surface area (Å²) in [6, 6.07) is 3.75. The summed E-state index contributed by atoms with van der Waals surface area (Å²) in [4.78, 5) is 29.9. The third kappa shape index (κ3) is 3.30. The van der Waals surface area contributed by atoms with Crippen LogP contribution in [0.15, 0.2) is 47.1 Å². The minimum atomic E-state index is -0.396. The number of nitrogens with one attached hydrogen (secondary N) is 1. The minimum Gasteiger partial charge on any atom is -0.463 e. The van der Waals surface area contributed by atoms with Crippen LogP contribution in [0.3, 0.4) is 0 Å². The van der Waals surface area contributed by atoms with Crippen LogP contribution in [-0.4, -0.2) is 23.3 Å². The summed E-state index contributed by atoms with van der Waals surface area (Å²) in [6.45, 7) is 8.31. The van der Waals surface area contributed by atoms with E-state index >= 15 is 0 Å². The fraction of sp³-hybridized carbons (Fsp3) is 0.476. The summed E-state index contributed by atoms with van der Waals surface area (Å²) in [5.41, 5.74) is 3.85. The lowest BCUT2D eigenvalue weighted by Gasteiger charge is -2.39. The maximum absolute atomic E-state index is 13.1. The van der Waals surface area contributed by atoms with Crippen molar-refractivity contribution in [1.29, 1.82) is 0 Å². The number of aromatic nitrogens is 1. The number of Topliss-reactive ketones (excluding diaryl/α,β-unsaturated/α-hetero) is 1. The Bertz CT molecular complexity index is 791. The van der Waals surface area contributed by atoms with Gasteiger partial charge in [0.1, 0.15) is 0 Å². The number of esters is 1. The van der Waals surface area contributed by atoms with Gasteiger partial charge in [0.2, 0.25) is 0 Å². The number of carbonyl (C=O) groups is 2. The van der Waals surface area contributed by atoms with Gasteiger partial charge in [-0.3, -0.25) is 9.78 Å². The molecule has 1 N–H and O–H groups in total. The van der Waals surface area contributed by atoms with Crippen LogP contribution in [0.2, 0.25) is 0 Å². The van der Waals surface area contributed by atoms with Crippen molar-refractivity contribution in [2.45, 2.75) is 52.9 Å². The first-order valence-electron chi connectivity index (χ1n) is 9.21. The first kappa shape index (κ1) is 18.4. The summed E-state index contributed by atoms with van der Waals surface area (Å²) in [5.74, 6) is -0.655. The van der Waals surface area contributed by atoms with Crippen LogP contribution < -0.4 is 5.32 Å². The summed E-state index contributed by atoms with van der Waals surface area (Å²) >= 11 is 0. The highest BCUT2D eigenvalue weighted by Crippen LogP contribution is 2.47.